The molecule has 2 rings (SSSR count). The van der Waals surface area contributed by atoms with Gasteiger partial charge in [0.25, 0.3) is 0 Å². The van der Waals surface area contributed by atoms with Crippen molar-refractivity contribution in [3.8, 4) is 5.69 Å². The lowest BCUT2D eigenvalue weighted by atomic mass is 10.00. The zero-order chi connectivity index (χ0) is 15.7. The van der Waals surface area contributed by atoms with Crippen LogP contribution in [0.5, 0.6) is 0 Å². The Balaban J connectivity index is 2.43. The zero-order valence-electron chi connectivity index (χ0n) is 12.6. The van der Waals surface area contributed by atoms with Gasteiger partial charge in [-0.05, 0) is 50.5 Å². The topological polar surface area (TPSA) is 55.1 Å². The smallest absolute Gasteiger partial charge is 0.306 e. The van der Waals surface area contributed by atoms with E-state index in [9.17, 15) is 4.79 Å². The molecule has 1 aromatic carbocycles. The lowest BCUT2D eigenvalue weighted by Crippen LogP contribution is -2.13. The molecule has 5 heteroatoms. The van der Waals surface area contributed by atoms with Gasteiger partial charge in [0.05, 0.1) is 17.3 Å². The number of carboxylic acids is 1. The second kappa shape index (κ2) is 5.90. The van der Waals surface area contributed by atoms with Crippen LogP contribution < -0.4 is 0 Å². The number of aliphatic carboxylic acids is 1. The van der Waals surface area contributed by atoms with Gasteiger partial charge in [-0.15, -0.1) is 0 Å². The molecule has 0 aliphatic heterocycles. The number of hydrogen-bond acceptors (Lipinski definition) is 2. The lowest BCUT2D eigenvalue weighted by Gasteiger charge is -2.09. The number of nitrogens with zero attached hydrogens (tertiary/aromatic N) is 2. The molecule has 2 aromatic rings. The van der Waals surface area contributed by atoms with Crippen LogP contribution in [0.2, 0.25) is 5.02 Å². The van der Waals surface area contributed by atoms with Crippen LogP contribution in [0.15, 0.2) is 18.2 Å². The highest BCUT2D eigenvalue weighted by Crippen LogP contribution is 2.24. The molecule has 0 saturated heterocycles. The van der Waals surface area contributed by atoms with Crippen molar-refractivity contribution in [2.75, 3.05) is 0 Å². The summed E-state index contributed by atoms with van der Waals surface area (Å²) in [4.78, 5) is 11.0. The van der Waals surface area contributed by atoms with Crippen molar-refractivity contribution in [1.29, 1.82) is 0 Å². The maximum Gasteiger partial charge on any atom is 0.306 e. The van der Waals surface area contributed by atoms with Gasteiger partial charge < -0.3 is 5.11 Å². The second-order valence-electron chi connectivity index (χ2n) is 5.44. The molecule has 0 fully saturated rings. The normalized spacial score (nSPS) is 12.4. The molecule has 0 amide bonds. The third-order valence-electron chi connectivity index (χ3n) is 3.77. The van der Waals surface area contributed by atoms with E-state index >= 15 is 0 Å². The SMILES string of the molecule is Cc1ccc(-n2nc(C)c(CC(C)C(=O)O)c2C)cc1Cl. The van der Waals surface area contributed by atoms with Gasteiger partial charge in [-0.2, -0.15) is 5.10 Å². The molecule has 4 nitrogen and oxygen atoms in total. The first-order valence-electron chi connectivity index (χ1n) is 6.85. The Labute approximate surface area is 129 Å². The fraction of sp³-hybridized carbons (Fsp3) is 0.375. The summed E-state index contributed by atoms with van der Waals surface area (Å²) < 4.78 is 1.82. The first-order chi connectivity index (χ1) is 9.81. The van der Waals surface area contributed by atoms with Crippen LogP contribution in [0, 0.1) is 26.7 Å². The molecule has 1 N–H and O–H groups in total. The Bertz CT molecular complexity index is 692. The van der Waals surface area contributed by atoms with Crippen LogP contribution >= 0.6 is 11.6 Å². The van der Waals surface area contributed by atoms with Crippen LogP contribution in [-0.2, 0) is 11.2 Å². The van der Waals surface area contributed by atoms with E-state index in [0.29, 0.717) is 11.4 Å². The molecule has 0 aliphatic rings. The number of carboxylic acid groups (broad SMARTS) is 1. The number of benzene rings is 1. The van der Waals surface area contributed by atoms with Crippen molar-refractivity contribution in [3.05, 3.63) is 45.7 Å². The first kappa shape index (κ1) is 15.6. The summed E-state index contributed by atoms with van der Waals surface area (Å²) in [5.74, 6) is -1.22. The lowest BCUT2D eigenvalue weighted by molar-refractivity contribution is -0.141. The van der Waals surface area contributed by atoms with E-state index < -0.39 is 11.9 Å². The van der Waals surface area contributed by atoms with Crippen molar-refractivity contribution < 1.29 is 9.90 Å². The fourth-order valence-corrected chi connectivity index (χ4v) is 2.50. The van der Waals surface area contributed by atoms with Gasteiger partial charge in [0.15, 0.2) is 0 Å². The maximum absolute atomic E-state index is 11.0. The van der Waals surface area contributed by atoms with Crippen molar-refractivity contribution in [3.63, 3.8) is 0 Å². The van der Waals surface area contributed by atoms with Gasteiger partial charge in [-0.3, -0.25) is 4.79 Å². The molecule has 0 aliphatic carbocycles. The van der Waals surface area contributed by atoms with Gasteiger partial charge in [-0.25, -0.2) is 4.68 Å². The average Bonchev–Trinajstić information content (AvgIpc) is 2.69. The summed E-state index contributed by atoms with van der Waals surface area (Å²) in [6.07, 6.45) is 0.479. The second-order valence-corrected chi connectivity index (χ2v) is 5.85. The average molecular weight is 307 g/mol. The minimum absolute atomic E-state index is 0.429. The minimum Gasteiger partial charge on any atom is -0.481 e. The molecular weight excluding hydrogens is 288 g/mol. The van der Waals surface area contributed by atoms with E-state index in [0.717, 1.165) is 28.2 Å². The number of carbonyl (C=O) groups is 1. The molecule has 0 radical (unpaired) electrons. The van der Waals surface area contributed by atoms with Gasteiger partial charge >= 0.3 is 5.97 Å². The summed E-state index contributed by atoms with van der Waals surface area (Å²) in [6, 6.07) is 5.79. The minimum atomic E-state index is -0.792. The third-order valence-corrected chi connectivity index (χ3v) is 4.18. The predicted molar refractivity (Wildman–Crippen MR) is 83.3 cm³/mol. The molecule has 1 aromatic heterocycles. The van der Waals surface area contributed by atoms with E-state index in [4.69, 9.17) is 16.7 Å². The molecule has 0 spiro atoms. The number of hydrogen-bond donors (Lipinski definition) is 1. The number of rotatable bonds is 4. The predicted octanol–water partition coefficient (Wildman–Crippen LogP) is 3.71. The number of halogens is 1. The summed E-state index contributed by atoms with van der Waals surface area (Å²) in [7, 11) is 0. The van der Waals surface area contributed by atoms with E-state index in [-0.39, 0.29) is 0 Å². The Morgan fingerprint density at radius 3 is 2.62 bits per heavy atom. The van der Waals surface area contributed by atoms with Gasteiger partial charge in [-0.1, -0.05) is 24.6 Å². The zero-order valence-corrected chi connectivity index (χ0v) is 13.4. The van der Waals surface area contributed by atoms with Crippen LogP contribution in [0.3, 0.4) is 0 Å². The summed E-state index contributed by atoms with van der Waals surface area (Å²) in [5, 5.41) is 14.3. The van der Waals surface area contributed by atoms with Gasteiger partial charge in [0.2, 0.25) is 0 Å². The molecule has 21 heavy (non-hydrogen) atoms. The van der Waals surface area contributed by atoms with E-state index in [1.165, 1.54) is 0 Å². The van der Waals surface area contributed by atoms with Crippen molar-refractivity contribution in [1.82, 2.24) is 9.78 Å². The Morgan fingerprint density at radius 1 is 1.38 bits per heavy atom. The monoisotopic (exact) mass is 306 g/mol. The van der Waals surface area contributed by atoms with Crippen molar-refractivity contribution in [2.45, 2.75) is 34.1 Å². The summed E-state index contributed by atoms with van der Waals surface area (Å²) >= 11 is 6.17. The number of aryl methyl sites for hydroxylation is 2. The molecule has 1 heterocycles. The van der Waals surface area contributed by atoms with E-state index in [1.807, 2.05) is 43.7 Å². The maximum atomic E-state index is 11.0. The highest BCUT2D eigenvalue weighted by molar-refractivity contribution is 6.31. The quantitative estimate of drug-likeness (QED) is 0.936. The molecule has 1 unspecified atom stereocenters. The van der Waals surface area contributed by atoms with Crippen LogP contribution in [0.25, 0.3) is 5.69 Å². The molecule has 0 bridgehead atoms. The molecule has 112 valence electrons. The van der Waals surface area contributed by atoms with Crippen molar-refractivity contribution in [2.24, 2.45) is 5.92 Å². The first-order valence-corrected chi connectivity index (χ1v) is 7.23. The molecular formula is C16H19ClN2O2. The van der Waals surface area contributed by atoms with Crippen LogP contribution in [0.1, 0.15) is 29.4 Å². The van der Waals surface area contributed by atoms with Crippen LogP contribution in [-0.4, -0.2) is 20.9 Å². The Hall–Kier alpha value is -1.81. The highest BCUT2D eigenvalue weighted by Gasteiger charge is 2.19. The van der Waals surface area contributed by atoms with Gasteiger partial charge in [0.1, 0.15) is 0 Å². The third kappa shape index (κ3) is 3.10. The van der Waals surface area contributed by atoms with E-state index in [1.54, 1.807) is 6.92 Å². The Morgan fingerprint density at radius 2 is 2.05 bits per heavy atom. The number of aromatic nitrogens is 2. The highest BCUT2D eigenvalue weighted by atomic mass is 35.5. The van der Waals surface area contributed by atoms with Gasteiger partial charge in [0, 0.05) is 10.7 Å². The standard InChI is InChI=1S/C16H19ClN2O2/c1-9-5-6-13(8-15(9)17)19-12(4)14(11(3)18-19)7-10(2)16(20)21/h5-6,8,10H,7H2,1-4H3,(H,20,21). The largest absolute Gasteiger partial charge is 0.481 e. The van der Waals surface area contributed by atoms with Crippen LogP contribution in [0.4, 0.5) is 0 Å². The van der Waals surface area contributed by atoms with E-state index in [2.05, 4.69) is 5.10 Å². The summed E-state index contributed by atoms with van der Waals surface area (Å²) in [6.45, 7) is 7.52. The molecule has 0 saturated carbocycles. The fourth-order valence-electron chi connectivity index (χ4n) is 2.33. The van der Waals surface area contributed by atoms with Crippen molar-refractivity contribution >= 4 is 17.6 Å². The molecule has 1 atom stereocenters. The summed E-state index contributed by atoms with van der Waals surface area (Å²) in [5.41, 5.74) is 4.71. The Kier molecular flexibility index (Phi) is 4.37.